The fourth-order valence-electron chi connectivity index (χ4n) is 5.13. The lowest BCUT2D eigenvalue weighted by molar-refractivity contribution is 0.102. The number of benzene rings is 2. The third-order valence-corrected chi connectivity index (χ3v) is 8.88. The van der Waals surface area contributed by atoms with Crippen LogP contribution >= 0.6 is 28.7 Å². The van der Waals surface area contributed by atoms with E-state index in [1.165, 1.54) is 87.5 Å². The normalized spacial score (nSPS) is 13.1. The van der Waals surface area contributed by atoms with Gasteiger partial charge in [0.15, 0.2) is 0 Å². The van der Waals surface area contributed by atoms with Gasteiger partial charge in [-0.15, -0.1) is 28.7 Å². The summed E-state index contributed by atoms with van der Waals surface area (Å²) < 4.78 is 6.25. The molecule has 0 spiro atoms. The maximum atomic E-state index is 13.3. The molecule has 1 N–H and O–H groups in total. The smallest absolute Gasteiger partial charge is 0.259 e. The number of ether oxygens (including phenoxy) is 1. The molecular formula is C36H55BrN2O2S. The van der Waals surface area contributed by atoms with Crippen molar-refractivity contribution in [2.75, 3.05) is 17.8 Å². The third kappa shape index (κ3) is 12.8. The van der Waals surface area contributed by atoms with Gasteiger partial charge in [-0.25, -0.2) is 0 Å². The van der Waals surface area contributed by atoms with Crippen molar-refractivity contribution in [3.63, 3.8) is 0 Å². The number of hydrogen-bond donors (Lipinski definition) is 1. The minimum Gasteiger partial charge on any atom is -0.493 e. The average Bonchev–Trinajstić information content (AvgIpc) is 3.35. The predicted octanol–water partition coefficient (Wildman–Crippen LogP) is 11.3. The van der Waals surface area contributed by atoms with E-state index in [9.17, 15) is 4.79 Å². The Bertz CT molecular complexity index is 1090. The molecule has 0 saturated carbocycles. The minimum absolute atomic E-state index is 0. The Morgan fingerprint density at radius 2 is 1.48 bits per heavy atom. The highest BCUT2D eigenvalue weighted by atomic mass is 79.9. The molecule has 0 fully saturated rings. The van der Waals surface area contributed by atoms with Gasteiger partial charge in [0, 0.05) is 17.9 Å². The van der Waals surface area contributed by atoms with Crippen LogP contribution in [0.15, 0.2) is 53.6 Å². The van der Waals surface area contributed by atoms with Crippen molar-refractivity contribution in [1.29, 1.82) is 0 Å². The maximum Gasteiger partial charge on any atom is 0.259 e. The molecule has 0 radical (unpaired) electrons. The second kappa shape index (κ2) is 19.4. The van der Waals surface area contributed by atoms with Gasteiger partial charge in [0.1, 0.15) is 5.75 Å². The Hall–Kier alpha value is -1.92. The molecule has 0 saturated heterocycles. The fraction of sp³-hybridized carbons (Fsp3) is 0.583. The number of anilines is 1. The van der Waals surface area contributed by atoms with Gasteiger partial charge >= 0.3 is 0 Å². The van der Waals surface area contributed by atoms with Gasteiger partial charge in [0.2, 0.25) is 0 Å². The summed E-state index contributed by atoms with van der Waals surface area (Å²) in [5.41, 5.74) is 5.10. The van der Waals surface area contributed by atoms with Gasteiger partial charge in [-0.2, -0.15) is 0 Å². The van der Waals surface area contributed by atoms with Gasteiger partial charge in [-0.3, -0.25) is 4.79 Å². The van der Waals surface area contributed by atoms with Gasteiger partial charge in [-0.1, -0.05) is 117 Å². The third-order valence-electron chi connectivity index (χ3n) is 7.92. The van der Waals surface area contributed by atoms with Crippen LogP contribution in [0.3, 0.4) is 0 Å². The lowest BCUT2D eigenvalue weighted by Gasteiger charge is -2.21. The van der Waals surface area contributed by atoms with E-state index in [2.05, 4.69) is 74.5 Å². The zero-order chi connectivity index (χ0) is 29.5. The molecule has 1 aliphatic rings. The molecule has 1 amide bonds. The fourth-order valence-corrected chi connectivity index (χ4v) is 6.07. The first-order chi connectivity index (χ1) is 19.8. The zero-order valence-corrected chi connectivity index (χ0v) is 29.3. The predicted molar refractivity (Wildman–Crippen MR) is 188 cm³/mol. The molecule has 0 aliphatic carbocycles. The topological polar surface area (TPSA) is 41.6 Å². The highest BCUT2D eigenvalue weighted by molar-refractivity contribution is 8.93. The number of rotatable bonds is 18. The lowest BCUT2D eigenvalue weighted by Crippen LogP contribution is -2.17. The number of amides is 1. The molecule has 2 aromatic carbocycles. The number of nitrogens with one attached hydrogen (secondary N) is 1. The van der Waals surface area contributed by atoms with E-state index in [1.54, 1.807) is 0 Å². The molecule has 2 aromatic rings. The van der Waals surface area contributed by atoms with Crippen LogP contribution in [-0.2, 0) is 12.0 Å². The summed E-state index contributed by atoms with van der Waals surface area (Å²) in [6.45, 7) is 12.5. The van der Waals surface area contributed by atoms with E-state index in [0.717, 1.165) is 24.5 Å². The molecule has 234 valence electrons. The van der Waals surface area contributed by atoms with Crippen LogP contribution in [0.1, 0.15) is 133 Å². The quantitative estimate of drug-likeness (QED) is 0.162. The van der Waals surface area contributed by atoms with Crippen molar-refractivity contribution < 1.29 is 9.53 Å². The molecule has 42 heavy (non-hydrogen) atoms. The van der Waals surface area contributed by atoms with Crippen LogP contribution in [0, 0.1) is 0 Å². The first-order valence-electron chi connectivity index (χ1n) is 16.0. The average molecular weight is 660 g/mol. The molecule has 0 atom stereocenters. The summed E-state index contributed by atoms with van der Waals surface area (Å²) in [4.78, 5) is 15.7. The van der Waals surface area contributed by atoms with E-state index < -0.39 is 0 Å². The summed E-state index contributed by atoms with van der Waals surface area (Å²) in [7, 11) is 0. The Morgan fingerprint density at radius 1 is 0.881 bits per heavy atom. The lowest BCUT2D eigenvalue weighted by atomic mass is 9.86. The monoisotopic (exact) mass is 658 g/mol. The molecule has 1 aliphatic heterocycles. The van der Waals surface area contributed by atoms with Crippen molar-refractivity contribution in [3.05, 3.63) is 70.3 Å². The van der Waals surface area contributed by atoms with Gasteiger partial charge in [0.25, 0.3) is 5.91 Å². The van der Waals surface area contributed by atoms with E-state index in [1.807, 2.05) is 30.0 Å². The van der Waals surface area contributed by atoms with Crippen LogP contribution in [0.25, 0.3) is 0 Å². The van der Waals surface area contributed by atoms with Crippen LogP contribution in [0.4, 0.5) is 5.69 Å². The van der Waals surface area contributed by atoms with Crippen LogP contribution < -0.4 is 10.1 Å². The molecule has 4 nitrogen and oxygen atoms in total. The van der Waals surface area contributed by atoms with Gasteiger partial charge in [-0.05, 0) is 59.6 Å². The first kappa shape index (κ1) is 36.3. The Balaban J connectivity index is 0.00000616. The summed E-state index contributed by atoms with van der Waals surface area (Å²) in [6.07, 6.45) is 15.8. The molecular weight excluding hydrogens is 604 g/mol. The highest BCUT2D eigenvalue weighted by Crippen LogP contribution is 2.30. The summed E-state index contributed by atoms with van der Waals surface area (Å²) in [5.74, 6) is 1.55. The Kier molecular flexibility index (Phi) is 16.7. The van der Waals surface area contributed by atoms with Crippen molar-refractivity contribution in [3.8, 4) is 5.75 Å². The number of unbranched alkanes of at least 4 members (excludes halogenated alkanes) is 11. The first-order valence-corrected chi connectivity index (χ1v) is 17.0. The number of halogens is 1. The summed E-state index contributed by atoms with van der Waals surface area (Å²) in [5, 5.41) is 5.29. The Morgan fingerprint density at radius 3 is 2.02 bits per heavy atom. The van der Waals surface area contributed by atoms with Gasteiger partial charge < -0.3 is 15.0 Å². The summed E-state index contributed by atoms with van der Waals surface area (Å²) >= 11 is 1.83. The zero-order valence-electron chi connectivity index (χ0n) is 26.8. The second-order valence-electron chi connectivity index (χ2n) is 12.6. The number of nitrogens with zero attached hydrogens (tertiary/aromatic N) is 1. The molecule has 0 bridgehead atoms. The largest absolute Gasteiger partial charge is 0.493 e. The number of thioether (sulfide) groups is 1. The molecule has 3 rings (SSSR count). The van der Waals surface area contributed by atoms with Crippen LogP contribution in [0.5, 0.6) is 5.75 Å². The summed E-state index contributed by atoms with van der Waals surface area (Å²) in [6, 6.07) is 14.2. The van der Waals surface area contributed by atoms with Crippen LogP contribution in [0.2, 0.25) is 0 Å². The Labute approximate surface area is 271 Å². The maximum absolute atomic E-state index is 13.3. The van der Waals surface area contributed by atoms with Crippen molar-refractivity contribution in [2.24, 2.45) is 0 Å². The number of hydrogen-bond acceptors (Lipinski definition) is 4. The van der Waals surface area contributed by atoms with Crippen molar-refractivity contribution in [1.82, 2.24) is 4.90 Å². The van der Waals surface area contributed by atoms with E-state index in [-0.39, 0.29) is 28.3 Å². The van der Waals surface area contributed by atoms with Crippen molar-refractivity contribution >= 4 is 40.3 Å². The standard InChI is InChI=1S/C36H54N2O2S.BrH/c1-6-7-8-9-10-11-12-13-14-15-16-17-24-40-34-25-31(36(3,4)5)20-23-33(34)35(39)37-32-21-18-30(19-22-32)26-38-28-41-27-29(38)2;/h18-23,25,27H,6-17,24,26,28H2,1-5H3,(H,37,39);1H. The highest BCUT2D eigenvalue weighted by Gasteiger charge is 2.20. The second-order valence-corrected chi connectivity index (χ2v) is 13.4. The number of allylic oxidation sites excluding steroid dienone is 1. The van der Waals surface area contributed by atoms with Gasteiger partial charge in [0.05, 0.1) is 18.0 Å². The molecule has 1 heterocycles. The van der Waals surface area contributed by atoms with Crippen LogP contribution in [-0.4, -0.2) is 23.3 Å². The van der Waals surface area contributed by atoms with E-state index in [0.29, 0.717) is 17.9 Å². The SMILES string of the molecule is Br.CCCCCCCCCCCCCCOc1cc(C(C)(C)C)ccc1C(=O)Nc1ccc(CN2CSC=C2C)cc1. The molecule has 0 aromatic heterocycles. The van der Waals surface area contributed by atoms with E-state index in [4.69, 9.17) is 4.74 Å². The minimum atomic E-state index is -0.127. The number of carbonyl (C=O) groups is 1. The molecule has 0 unspecified atom stereocenters. The molecule has 6 heteroatoms. The van der Waals surface area contributed by atoms with Crippen molar-refractivity contribution in [2.45, 2.75) is 124 Å². The number of carbonyl (C=O) groups excluding carboxylic acids is 1. The van der Waals surface area contributed by atoms with E-state index >= 15 is 0 Å².